The lowest BCUT2D eigenvalue weighted by molar-refractivity contribution is 0.560. The molecule has 0 saturated heterocycles. The topological polar surface area (TPSA) is 24.9 Å². The van der Waals surface area contributed by atoms with Crippen molar-refractivity contribution in [1.82, 2.24) is 10.3 Å². The number of rotatable bonds is 8. The van der Waals surface area contributed by atoms with Crippen LogP contribution in [0.4, 0.5) is 0 Å². The SMILES string of the molecule is CCCNC(C)c1csc(CSCC(C)C)n1. The second kappa shape index (κ2) is 8.11. The predicted molar refractivity (Wildman–Crippen MR) is 79.8 cm³/mol. The van der Waals surface area contributed by atoms with E-state index < -0.39 is 0 Å². The van der Waals surface area contributed by atoms with Gasteiger partial charge in [0.05, 0.1) is 5.69 Å². The number of thiazole rings is 1. The Balaban J connectivity index is 2.36. The van der Waals surface area contributed by atoms with Gasteiger partial charge in [-0.2, -0.15) is 11.8 Å². The highest BCUT2D eigenvalue weighted by molar-refractivity contribution is 7.98. The Hall–Kier alpha value is -0.0600. The van der Waals surface area contributed by atoms with Gasteiger partial charge in [0, 0.05) is 17.2 Å². The van der Waals surface area contributed by atoms with E-state index in [4.69, 9.17) is 4.98 Å². The summed E-state index contributed by atoms with van der Waals surface area (Å²) in [7, 11) is 0. The quantitative estimate of drug-likeness (QED) is 0.771. The van der Waals surface area contributed by atoms with E-state index in [-0.39, 0.29) is 0 Å². The van der Waals surface area contributed by atoms with Gasteiger partial charge in [-0.3, -0.25) is 0 Å². The number of nitrogens with one attached hydrogen (secondary N) is 1. The Morgan fingerprint density at radius 2 is 2.18 bits per heavy atom. The van der Waals surface area contributed by atoms with Crippen LogP contribution in [-0.4, -0.2) is 17.3 Å². The maximum Gasteiger partial charge on any atom is 0.103 e. The standard InChI is InChI=1S/C13H24N2S2/c1-5-6-14-11(4)12-8-17-13(15-12)9-16-7-10(2)3/h8,10-11,14H,5-7,9H2,1-4H3. The highest BCUT2D eigenvalue weighted by atomic mass is 32.2. The fraction of sp³-hybridized carbons (Fsp3) is 0.769. The second-order valence-corrected chi connectivity index (χ2v) is 6.72. The van der Waals surface area contributed by atoms with E-state index in [1.54, 1.807) is 11.3 Å². The molecule has 0 aliphatic carbocycles. The number of hydrogen-bond acceptors (Lipinski definition) is 4. The molecule has 0 aliphatic rings. The van der Waals surface area contributed by atoms with Crippen molar-refractivity contribution in [3.63, 3.8) is 0 Å². The largest absolute Gasteiger partial charge is 0.309 e. The van der Waals surface area contributed by atoms with Crippen LogP contribution in [0, 0.1) is 5.92 Å². The Labute approximate surface area is 114 Å². The summed E-state index contributed by atoms with van der Waals surface area (Å²) in [6, 6.07) is 0.384. The first-order chi connectivity index (χ1) is 8.13. The molecule has 1 N–H and O–H groups in total. The average Bonchev–Trinajstić information content (AvgIpc) is 2.74. The summed E-state index contributed by atoms with van der Waals surface area (Å²) in [5.41, 5.74) is 1.20. The van der Waals surface area contributed by atoms with Gasteiger partial charge < -0.3 is 5.32 Å². The van der Waals surface area contributed by atoms with E-state index in [9.17, 15) is 0 Å². The monoisotopic (exact) mass is 272 g/mol. The molecule has 0 fully saturated rings. The Bertz CT molecular complexity index is 310. The minimum atomic E-state index is 0.384. The number of nitrogens with zero attached hydrogens (tertiary/aromatic N) is 1. The van der Waals surface area contributed by atoms with Gasteiger partial charge in [0.2, 0.25) is 0 Å². The molecule has 0 bridgehead atoms. The van der Waals surface area contributed by atoms with E-state index in [1.807, 2.05) is 11.8 Å². The van der Waals surface area contributed by atoms with E-state index in [1.165, 1.54) is 22.9 Å². The first-order valence-corrected chi connectivity index (χ1v) is 8.42. The van der Waals surface area contributed by atoms with Crippen molar-refractivity contribution >= 4 is 23.1 Å². The zero-order chi connectivity index (χ0) is 12.7. The third kappa shape index (κ3) is 5.89. The van der Waals surface area contributed by atoms with Gasteiger partial charge >= 0.3 is 0 Å². The lowest BCUT2D eigenvalue weighted by Crippen LogP contribution is -2.19. The van der Waals surface area contributed by atoms with E-state index >= 15 is 0 Å². The first kappa shape index (κ1) is 15.0. The summed E-state index contributed by atoms with van der Waals surface area (Å²) in [6.45, 7) is 9.97. The second-order valence-electron chi connectivity index (χ2n) is 4.75. The summed E-state index contributed by atoms with van der Waals surface area (Å²) in [5, 5.41) is 6.93. The van der Waals surface area contributed by atoms with Crippen molar-refractivity contribution in [1.29, 1.82) is 0 Å². The van der Waals surface area contributed by atoms with Crippen molar-refractivity contribution < 1.29 is 0 Å². The van der Waals surface area contributed by atoms with Crippen LogP contribution in [0.3, 0.4) is 0 Å². The van der Waals surface area contributed by atoms with Crippen LogP contribution in [0.1, 0.15) is 50.9 Å². The molecule has 1 atom stereocenters. The van der Waals surface area contributed by atoms with Crippen molar-refractivity contribution in [3.05, 3.63) is 16.1 Å². The lowest BCUT2D eigenvalue weighted by Gasteiger charge is -2.09. The van der Waals surface area contributed by atoms with Crippen molar-refractivity contribution in [2.24, 2.45) is 5.92 Å². The van der Waals surface area contributed by atoms with E-state index in [0.29, 0.717) is 6.04 Å². The molecule has 0 spiro atoms. The molecule has 1 aromatic heterocycles. The smallest absolute Gasteiger partial charge is 0.103 e. The number of aromatic nitrogens is 1. The molecule has 1 rings (SSSR count). The van der Waals surface area contributed by atoms with Crippen LogP contribution in [-0.2, 0) is 5.75 Å². The summed E-state index contributed by atoms with van der Waals surface area (Å²) in [4.78, 5) is 4.70. The van der Waals surface area contributed by atoms with E-state index in [2.05, 4.69) is 38.4 Å². The third-order valence-corrected chi connectivity index (χ3v) is 4.82. The molecule has 1 unspecified atom stereocenters. The molecule has 1 aromatic rings. The fourth-order valence-corrected chi connectivity index (χ4v) is 3.46. The minimum Gasteiger partial charge on any atom is -0.309 e. The van der Waals surface area contributed by atoms with Crippen LogP contribution < -0.4 is 5.32 Å². The normalized spacial score (nSPS) is 13.2. The number of hydrogen-bond donors (Lipinski definition) is 1. The third-order valence-electron chi connectivity index (χ3n) is 2.39. The summed E-state index contributed by atoms with van der Waals surface area (Å²) in [6.07, 6.45) is 1.17. The van der Waals surface area contributed by atoms with Crippen molar-refractivity contribution in [3.8, 4) is 0 Å². The Morgan fingerprint density at radius 3 is 2.82 bits per heavy atom. The fourth-order valence-electron chi connectivity index (χ4n) is 1.44. The van der Waals surface area contributed by atoms with Crippen molar-refractivity contribution in [2.45, 2.75) is 45.9 Å². The molecule has 0 radical (unpaired) electrons. The van der Waals surface area contributed by atoms with Gasteiger partial charge in [0.25, 0.3) is 0 Å². The molecule has 0 aliphatic heterocycles. The van der Waals surface area contributed by atoms with Crippen LogP contribution in [0.2, 0.25) is 0 Å². The summed E-state index contributed by atoms with van der Waals surface area (Å²) in [5.74, 6) is 3.05. The predicted octanol–water partition coefficient (Wildman–Crippen LogP) is 4.09. The Morgan fingerprint density at radius 1 is 1.41 bits per heavy atom. The molecular formula is C13H24N2S2. The van der Waals surface area contributed by atoms with Gasteiger partial charge in [-0.1, -0.05) is 20.8 Å². The molecule has 17 heavy (non-hydrogen) atoms. The van der Waals surface area contributed by atoms with Gasteiger partial charge in [-0.25, -0.2) is 4.98 Å². The average molecular weight is 272 g/mol. The van der Waals surface area contributed by atoms with Crippen LogP contribution in [0.25, 0.3) is 0 Å². The molecule has 4 heteroatoms. The molecule has 0 amide bonds. The van der Waals surface area contributed by atoms with Crippen LogP contribution >= 0.6 is 23.1 Å². The van der Waals surface area contributed by atoms with Gasteiger partial charge in [-0.05, 0) is 31.6 Å². The summed E-state index contributed by atoms with van der Waals surface area (Å²) < 4.78 is 0. The summed E-state index contributed by atoms with van der Waals surface area (Å²) >= 11 is 3.78. The van der Waals surface area contributed by atoms with Crippen molar-refractivity contribution in [2.75, 3.05) is 12.3 Å². The van der Waals surface area contributed by atoms with Crippen LogP contribution in [0.5, 0.6) is 0 Å². The highest BCUT2D eigenvalue weighted by Crippen LogP contribution is 2.21. The lowest BCUT2D eigenvalue weighted by atomic mass is 10.2. The van der Waals surface area contributed by atoms with Gasteiger partial charge in [-0.15, -0.1) is 11.3 Å². The van der Waals surface area contributed by atoms with Gasteiger partial charge in [0.15, 0.2) is 0 Å². The maximum absolute atomic E-state index is 4.70. The molecule has 2 nitrogen and oxygen atoms in total. The number of thioether (sulfide) groups is 1. The maximum atomic E-state index is 4.70. The zero-order valence-electron chi connectivity index (χ0n) is 11.3. The van der Waals surface area contributed by atoms with Crippen LogP contribution in [0.15, 0.2) is 5.38 Å². The first-order valence-electron chi connectivity index (χ1n) is 6.38. The minimum absolute atomic E-state index is 0.384. The molecule has 0 saturated carbocycles. The zero-order valence-corrected chi connectivity index (χ0v) is 13.0. The Kier molecular flexibility index (Phi) is 7.16. The highest BCUT2D eigenvalue weighted by Gasteiger charge is 2.09. The molecule has 1 heterocycles. The van der Waals surface area contributed by atoms with Gasteiger partial charge in [0.1, 0.15) is 5.01 Å². The van der Waals surface area contributed by atoms with E-state index in [0.717, 1.165) is 18.2 Å². The molecule has 98 valence electrons. The molecular weight excluding hydrogens is 248 g/mol. The molecule has 0 aromatic carbocycles.